The van der Waals surface area contributed by atoms with Crippen molar-refractivity contribution in [3.8, 4) is 5.75 Å². The van der Waals surface area contributed by atoms with Crippen molar-refractivity contribution in [1.82, 2.24) is 25.1 Å². The molecule has 0 aliphatic heterocycles. The molecule has 2 aromatic heterocycles. The van der Waals surface area contributed by atoms with Gasteiger partial charge >= 0.3 is 0 Å². The number of aromatic amines is 1. The molecule has 10 heteroatoms. The molecule has 2 unspecified atom stereocenters. The molecule has 2 atom stereocenters. The Kier molecular flexibility index (Phi) is 8.28. The molecule has 218 valence electrons. The molecule has 9 nitrogen and oxygen atoms in total. The standard InChI is InChI=1S/C30H43ClN6O3/c1-18-13-9-10-14-19(18)26(39)32-20-15-11-12-16-21(20)40-17-22(38)33-30(7,8)29(5,6)27-35-34-25-23(31)24(28(2,3)4)36-37(25)27/h11-12,15-16,18-19,36H,9-10,13-14,17H2,1-8H3,(H,32,39)(H,33,38). The fourth-order valence-corrected chi connectivity index (χ4v) is 5.75. The average molecular weight is 571 g/mol. The van der Waals surface area contributed by atoms with E-state index in [0.29, 0.717) is 33.8 Å². The summed E-state index contributed by atoms with van der Waals surface area (Å²) in [5, 5.41) is 18.8. The van der Waals surface area contributed by atoms with E-state index < -0.39 is 11.0 Å². The number of carbonyl (C=O) groups is 2. The molecule has 2 amide bonds. The first-order valence-electron chi connectivity index (χ1n) is 14.1. The highest BCUT2D eigenvalue weighted by Gasteiger charge is 2.44. The molecule has 0 saturated heterocycles. The van der Waals surface area contributed by atoms with Gasteiger partial charge in [-0.1, -0.05) is 78.1 Å². The maximum absolute atomic E-state index is 13.1. The normalized spacial score (nSPS) is 18.5. The number of nitrogens with zero attached hydrogens (tertiary/aromatic N) is 3. The number of amides is 2. The van der Waals surface area contributed by atoms with Crippen molar-refractivity contribution in [2.75, 3.05) is 11.9 Å². The van der Waals surface area contributed by atoms with Gasteiger partial charge in [-0.05, 0) is 44.7 Å². The lowest BCUT2D eigenvalue weighted by Crippen LogP contribution is -2.57. The summed E-state index contributed by atoms with van der Waals surface area (Å²) in [4.78, 5) is 26.1. The SMILES string of the molecule is CC1CCCCC1C(=O)Nc1ccccc1OCC(=O)NC(C)(C)C(C)(C)c1nnc2c(Cl)c(C(C)(C)C)[nH]n12. The number of H-pyrrole nitrogens is 1. The van der Waals surface area contributed by atoms with Crippen molar-refractivity contribution in [1.29, 1.82) is 0 Å². The first kappa shape index (κ1) is 29.9. The summed E-state index contributed by atoms with van der Waals surface area (Å²) in [6.45, 7) is 16.1. The third-order valence-electron chi connectivity index (χ3n) is 8.58. The van der Waals surface area contributed by atoms with Crippen LogP contribution in [0, 0.1) is 11.8 Å². The van der Waals surface area contributed by atoms with Gasteiger partial charge in [-0.25, -0.2) is 4.52 Å². The Hall–Kier alpha value is -3.07. The van der Waals surface area contributed by atoms with E-state index in [1.807, 2.05) is 39.8 Å². The zero-order chi connectivity index (χ0) is 29.5. The zero-order valence-electron chi connectivity index (χ0n) is 24.9. The summed E-state index contributed by atoms with van der Waals surface area (Å²) in [6, 6.07) is 7.23. The van der Waals surface area contributed by atoms with E-state index in [1.54, 1.807) is 16.6 Å². The largest absolute Gasteiger partial charge is 0.482 e. The lowest BCUT2D eigenvalue weighted by atomic mass is 9.73. The monoisotopic (exact) mass is 570 g/mol. The average Bonchev–Trinajstić information content (AvgIpc) is 3.44. The number of fused-ring (bicyclic) bond motifs is 1. The smallest absolute Gasteiger partial charge is 0.258 e. The van der Waals surface area contributed by atoms with E-state index in [9.17, 15) is 9.59 Å². The first-order chi connectivity index (χ1) is 18.6. The molecule has 0 spiro atoms. The van der Waals surface area contributed by atoms with Crippen LogP contribution < -0.4 is 15.4 Å². The molecule has 40 heavy (non-hydrogen) atoms. The minimum Gasteiger partial charge on any atom is -0.482 e. The van der Waals surface area contributed by atoms with Crippen LogP contribution in [0.25, 0.3) is 5.65 Å². The predicted molar refractivity (Wildman–Crippen MR) is 158 cm³/mol. The number of carbonyl (C=O) groups excluding carboxylic acids is 2. The Balaban J connectivity index is 1.45. The summed E-state index contributed by atoms with van der Waals surface area (Å²) in [7, 11) is 0. The van der Waals surface area contributed by atoms with E-state index in [1.165, 1.54) is 6.42 Å². The topological polar surface area (TPSA) is 113 Å². The highest BCUT2D eigenvalue weighted by molar-refractivity contribution is 6.34. The molecule has 2 heterocycles. The molecular weight excluding hydrogens is 528 g/mol. The van der Waals surface area contributed by atoms with E-state index in [-0.39, 0.29) is 29.8 Å². The van der Waals surface area contributed by atoms with Gasteiger partial charge in [0.1, 0.15) is 10.8 Å². The Bertz CT molecular complexity index is 1380. The molecule has 1 aliphatic carbocycles. The molecule has 1 saturated carbocycles. The lowest BCUT2D eigenvalue weighted by Gasteiger charge is -2.40. The molecular formula is C30H43ClN6O3. The van der Waals surface area contributed by atoms with Gasteiger partial charge in [0.25, 0.3) is 5.91 Å². The van der Waals surface area contributed by atoms with Gasteiger partial charge in [0.2, 0.25) is 5.91 Å². The third kappa shape index (κ3) is 5.85. The molecule has 3 aromatic rings. The van der Waals surface area contributed by atoms with Crippen LogP contribution in [0.15, 0.2) is 24.3 Å². The minimum atomic E-state index is -0.735. The van der Waals surface area contributed by atoms with Crippen LogP contribution in [0.4, 0.5) is 5.69 Å². The van der Waals surface area contributed by atoms with Gasteiger partial charge in [0.05, 0.1) is 11.4 Å². The molecule has 0 radical (unpaired) electrons. The highest BCUT2D eigenvalue weighted by Crippen LogP contribution is 2.37. The van der Waals surface area contributed by atoms with Crippen LogP contribution in [0.1, 0.15) is 92.6 Å². The van der Waals surface area contributed by atoms with Gasteiger partial charge in [-0.15, -0.1) is 10.2 Å². The highest BCUT2D eigenvalue weighted by atomic mass is 35.5. The number of hydrogen-bond acceptors (Lipinski definition) is 5. The van der Waals surface area contributed by atoms with Crippen LogP contribution in [-0.4, -0.2) is 43.8 Å². The van der Waals surface area contributed by atoms with Crippen LogP contribution in [0.2, 0.25) is 5.02 Å². The third-order valence-corrected chi connectivity index (χ3v) is 8.94. The summed E-state index contributed by atoms with van der Waals surface area (Å²) in [6.07, 6.45) is 4.21. The number of nitrogens with one attached hydrogen (secondary N) is 3. The van der Waals surface area contributed by atoms with Crippen molar-refractivity contribution in [3.63, 3.8) is 0 Å². The van der Waals surface area contributed by atoms with Crippen molar-refractivity contribution in [2.24, 2.45) is 11.8 Å². The summed E-state index contributed by atoms with van der Waals surface area (Å²) >= 11 is 6.63. The second-order valence-electron chi connectivity index (χ2n) is 13.2. The Labute approximate surface area is 241 Å². The van der Waals surface area contributed by atoms with Crippen LogP contribution in [0.3, 0.4) is 0 Å². The summed E-state index contributed by atoms with van der Waals surface area (Å²) < 4.78 is 7.71. The Morgan fingerprint density at radius 3 is 2.42 bits per heavy atom. The van der Waals surface area contributed by atoms with E-state index in [2.05, 4.69) is 53.6 Å². The molecule has 1 fully saturated rings. The fourth-order valence-electron chi connectivity index (χ4n) is 5.30. The number of hydrogen-bond donors (Lipinski definition) is 3. The number of para-hydroxylation sites is 2. The molecule has 1 aliphatic rings. The number of aromatic nitrogens is 4. The maximum atomic E-state index is 13.1. The number of halogens is 1. The second-order valence-corrected chi connectivity index (χ2v) is 13.6. The van der Waals surface area contributed by atoms with E-state index >= 15 is 0 Å². The van der Waals surface area contributed by atoms with Crippen molar-refractivity contribution in [2.45, 2.75) is 97.4 Å². The number of anilines is 1. The van der Waals surface area contributed by atoms with Gasteiger partial charge < -0.3 is 15.4 Å². The van der Waals surface area contributed by atoms with Crippen LogP contribution >= 0.6 is 11.6 Å². The van der Waals surface area contributed by atoms with Gasteiger partial charge in [0.15, 0.2) is 18.1 Å². The molecule has 4 rings (SSSR count). The summed E-state index contributed by atoms with van der Waals surface area (Å²) in [5.74, 6) is 1.17. The predicted octanol–water partition coefficient (Wildman–Crippen LogP) is 6.02. The second kappa shape index (κ2) is 11.1. The van der Waals surface area contributed by atoms with Crippen LogP contribution in [0.5, 0.6) is 5.75 Å². The molecule has 1 aromatic carbocycles. The lowest BCUT2D eigenvalue weighted by molar-refractivity contribution is -0.125. The van der Waals surface area contributed by atoms with Crippen LogP contribution in [-0.2, 0) is 20.4 Å². The van der Waals surface area contributed by atoms with Crippen molar-refractivity contribution in [3.05, 3.63) is 40.8 Å². The molecule has 3 N–H and O–H groups in total. The van der Waals surface area contributed by atoms with Crippen molar-refractivity contribution < 1.29 is 14.3 Å². The van der Waals surface area contributed by atoms with E-state index in [0.717, 1.165) is 25.0 Å². The van der Waals surface area contributed by atoms with Gasteiger partial charge in [-0.3, -0.25) is 14.7 Å². The zero-order valence-corrected chi connectivity index (χ0v) is 25.7. The first-order valence-corrected chi connectivity index (χ1v) is 14.5. The van der Waals surface area contributed by atoms with Crippen molar-refractivity contribution >= 4 is 34.7 Å². The number of ether oxygens (including phenoxy) is 1. The molecule has 0 bridgehead atoms. The quantitative estimate of drug-likeness (QED) is 0.306. The van der Waals surface area contributed by atoms with E-state index in [4.69, 9.17) is 16.3 Å². The number of benzene rings is 1. The fraction of sp³-hybridized carbons (Fsp3) is 0.600. The Morgan fingerprint density at radius 1 is 1.07 bits per heavy atom. The van der Waals surface area contributed by atoms with Gasteiger partial charge in [0, 0.05) is 22.3 Å². The summed E-state index contributed by atoms with van der Waals surface area (Å²) in [5.41, 5.74) is 0.414. The number of rotatable bonds is 8. The minimum absolute atomic E-state index is 0.00853. The maximum Gasteiger partial charge on any atom is 0.258 e. The Morgan fingerprint density at radius 2 is 1.75 bits per heavy atom. The van der Waals surface area contributed by atoms with Gasteiger partial charge in [-0.2, -0.15) is 0 Å².